The van der Waals surface area contributed by atoms with Crippen molar-refractivity contribution < 1.29 is 72.8 Å². The van der Waals surface area contributed by atoms with Crippen LogP contribution in [0.3, 0.4) is 0 Å². The number of thiophene rings is 1. The van der Waals surface area contributed by atoms with Gasteiger partial charge in [0.2, 0.25) is 0 Å². The second-order valence-electron chi connectivity index (χ2n) is 12.9. The number of hydrogen-bond acceptors (Lipinski definition) is 9. The maximum absolute atomic E-state index is 11.9. The minimum Gasteiger partial charge on any atom is -0.387 e. The molecule has 1 radical (unpaired) electrons. The first-order valence-corrected chi connectivity index (χ1v) is 18.2. The van der Waals surface area contributed by atoms with E-state index >= 15 is 0 Å². The molecule has 4 heterocycles. The second kappa shape index (κ2) is 19.7. The van der Waals surface area contributed by atoms with E-state index in [2.05, 4.69) is 54.9 Å². The Morgan fingerprint density at radius 3 is 1.67 bits per heavy atom. The van der Waals surface area contributed by atoms with Crippen molar-refractivity contribution in [2.45, 2.75) is 106 Å². The van der Waals surface area contributed by atoms with Crippen LogP contribution >= 0.6 is 11.3 Å². The van der Waals surface area contributed by atoms with Crippen molar-refractivity contribution in [1.29, 1.82) is 0 Å². The third-order valence-electron chi connectivity index (χ3n) is 8.33. The van der Waals surface area contributed by atoms with Gasteiger partial charge >= 0.3 is 6.18 Å². The van der Waals surface area contributed by atoms with Gasteiger partial charge in [0.05, 0.1) is 17.5 Å². The first kappa shape index (κ1) is 43.8. The van der Waals surface area contributed by atoms with E-state index in [0.717, 1.165) is 52.8 Å². The van der Waals surface area contributed by atoms with Gasteiger partial charge in [-0.15, -0.1) is 11.3 Å². The Labute approximate surface area is 349 Å². The van der Waals surface area contributed by atoms with Crippen molar-refractivity contribution in [2.75, 3.05) is 18.0 Å². The number of unbranched alkanes of at least 4 members (excludes halogenated alkanes) is 2. The summed E-state index contributed by atoms with van der Waals surface area (Å²) in [6.45, 7) is 19.0. The van der Waals surface area contributed by atoms with E-state index in [0.29, 0.717) is 22.6 Å². The van der Waals surface area contributed by atoms with Crippen LogP contribution in [0.1, 0.15) is 90.8 Å². The zero-order valence-electron chi connectivity index (χ0n) is 31.0. The fraction of sp³-hybridized carbons (Fsp3) is 0.486. The molecule has 4 aromatic heterocycles. The maximum Gasteiger partial charge on any atom is 0.414 e. The number of aromatic nitrogens is 7. The summed E-state index contributed by atoms with van der Waals surface area (Å²) in [5.74, 6) is 1.60. The number of anilines is 1. The Morgan fingerprint density at radius 2 is 1.29 bits per heavy atom. The van der Waals surface area contributed by atoms with Gasteiger partial charge in [-0.1, -0.05) is 32.8 Å². The molecule has 2 N–H and O–H groups in total. The van der Waals surface area contributed by atoms with E-state index in [1.165, 1.54) is 48.6 Å². The topological polar surface area (TPSA) is 118 Å². The smallest absolute Gasteiger partial charge is 0.387 e. The second-order valence-corrected chi connectivity index (χ2v) is 13.9. The summed E-state index contributed by atoms with van der Waals surface area (Å²) in [6.07, 6.45) is -4.36. The van der Waals surface area contributed by atoms with Crippen LogP contribution in [0.15, 0.2) is 41.8 Å². The summed E-state index contributed by atoms with van der Waals surface area (Å²) in [5, 5.41) is 28.9. The number of benzene rings is 1. The summed E-state index contributed by atoms with van der Waals surface area (Å²) in [4.78, 5) is 17.5. The number of rotatable bonds is 13. The Kier molecular flexibility index (Phi) is 16.6. The molecule has 0 saturated heterocycles. The monoisotopic (exact) mass is 879 g/mol. The van der Waals surface area contributed by atoms with Crippen LogP contribution in [-0.2, 0) is 0 Å². The SMILES string of the molecule is CCCCN(CCCC)c1c(C)cc(-c2nc(-n3nc(C)cc3C)nc(-n3nc(C)cc3C)n2)cc1C.OC(CC(O)C(F)(F)F)c1cccs1.[Eu]. The fourth-order valence-electron chi connectivity index (χ4n) is 5.89. The molecule has 0 aliphatic carbocycles. The summed E-state index contributed by atoms with van der Waals surface area (Å²) in [6, 6.07) is 11.6. The van der Waals surface area contributed by atoms with Crippen molar-refractivity contribution in [3.05, 3.63) is 80.6 Å². The van der Waals surface area contributed by atoms with E-state index in [1.54, 1.807) is 20.8 Å². The molecule has 0 spiro atoms. The zero-order valence-corrected chi connectivity index (χ0v) is 34.3. The van der Waals surface area contributed by atoms with Gasteiger partial charge in [-0.05, 0) is 101 Å². The van der Waals surface area contributed by atoms with Crippen molar-refractivity contribution in [3.63, 3.8) is 0 Å². The van der Waals surface area contributed by atoms with Crippen LogP contribution in [0, 0.1) is 90.9 Å². The number of aliphatic hydroxyl groups excluding tert-OH is 2. The maximum atomic E-state index is 11.9. The van der Waals surface area contributed by atoms with Gasteiger partial charge in [0.1, 0.15) is 0 Å². The molecule has 5 aromatic rings. The van der Waals surface area contributed by atoms with Crippen LogP contribution in [0.5, 0.6) is 0 Å². The largest absolute Gasteiger partial charge is 0.414 e. The molecular formula is C37H49EuF3N8O2S. The summed E-state index contributed by atoms with van der Waals surface area (Å²) < 4.78 is 39.2. The number of aryl methyl sites for hydroxylation is 6. The normalized spacial score (nSPS) is 12.6. The average molecular weight is 879 g/mol. The quantitative estimate of drug-likeness (QED) is 0.122. The molecule has 15 heteroatoms. The van der Waals surface area contributed by atoms with Crippen molar-refractivity contribution in [2.24, 2.45) is 0 Å². The van der Waals surface area contributed by atoms with Crippen molar-refractivity contribution in [1.82, 2.24) is 34.5 Å². The van der Waals surface area contributed by atoms with E-state index < -0.39 is 24.8 Å². The predicted molar refractivity (Wildman–Crippen MR) is 196 cm³/mol. The third kappa shape index (κ3) is 11.5. The van der Waals surface area contributed by atoms with Gasteiger partial charge < -0.3 is 15.1 Å². The molecule has 0 bridgehead atoms. The van der Waals surface area contributed by atoms with Crippen LogP contribution in [0.4, 0.5) is 18.9 Å². The van der Waals surface area contributed by atoms with Gasteiger partial charge in [-0.25, -0.2) is 9.36 Å². The number of aliphatic hydroxyl groups is 2. The standard InChI is InChI=1S/C29H40N8.C8H9F3O2S.Eu/c1-9-11-13-35(14-12-10-2)26-19(3)15-25(16-20(26)4)27-30-28(36-23(7)17-21(5)33-36)32-29(31-27)37-24(8)18-22(6)34-37;9-8(10,11)7(13)4-5(12)6-2-1-3-14-6;/h15-18H,9-14H2,1-8H3;1-3,5,7,12-13H,4H2;. The number of hydrogen-bond donors (Lipinski definition) is 2. The van der Waals surface area contributed by atoms with E-state index in [9.17, 15) is 18.3 Å². The van der Waals surface area contributed by atoms with Gasteiger partial charge in [0, 0.05) is 96.4 Å². The molecule has 0 aliphatic rings. The van der Waals surface area contributed by atoms with Crippen molar-refractivity contribution in [3.8, 4) is 23.3 Å². The van der Waals surface area contributed by atoms with Gasteiger partial charge in [0.25, 0.3) is 11.9 Å². The van der Waals surface area contributed by atoms with Crippen LogP contribution < -0.4 is 4.90 Å². The molecular weight excluding hydrogens is 829 g/mol. The fourth-order valence-corrected chi connectivity index (χ4v) is 6.62. The Bertz CT molecular complexity index is 1780. The molecule has 0 saturated carbocycles. The molecule has 1 aromatic carbocycles. The molecule has 0 fully saturated rings. The summed E-state index contributed by atoms with van der Waals surface area (Å²) in [5.41, 5.74) is 8.56. The minimum atomic E-state index is -4.67. The van der Waals surface area contributed by atoms with Crippen molar-refractivity contribution >= 4 is 17.0 Å². The summed E-state index contributed by atoms with van der Waals surface area (Å²) >= 11 is 1.16. The average Bonchev–Trinajstić information content (AvgIpc) is 3.81. The zero-order chi connectivity index (χ0) is 37.5. The Hall–Kier alpha value is -2.56. The number of nitrogens with zero attached hydrogens (tertiary/aromatic N) is 8. The molecule has 0 amide bonds. The Balaban J connectivity index is 0.000000410. The van der Waals surface area contributed by atoms with E-state index in [-0.39, 0.29) is 49.4 Å². The van der Waals surface area contributed by atoms with Crippen LogP contribution in [0.2, 0.25) is 0 Å². The van der Waals surface area contributed by atoms with Gasteiger partial charge in [-0.3, -0.25) is 0 Å². The third-order valence-corrected chi connectivity index (χ3v) is 9.31. The summed E-state index contributed by atoms with van der Waals surface area (Å²) in [7, 11) is 0. The van der Waals surface area contributed by atoms with Crippen LogP contribution in [-0.4, -0.2) is 70.1 Å². The molecule has 10 nitrogen and oxygen atoms in total. The molecule has 283 valence electrons. The Morgan fingerprint density at radius 1 is 0.788 bits per heavy atom. The van der Waals surface area contributed by atoms with Gasteiger partial charge in [0.15, 0.2) is 11.9 Å². The first-order valence-electron chi connectivity index (χ1n) is 17.3. The molecule has 5 rings (SSSR count). The van der Waals surface area contributed by atoms with E-state index in [1.807, 2.05) is 39.8 Å². The number of halogens is 3. The van der Waals surface area contributed by atoms with Crippen LogP contribution in [0.25, 0.3) is 23.3 Å². The number of alkyl halides is 3. The minimum absolute atomic E-state index is 0. The predicted octanol–water partition coefficient (Wildman–Crippen LogP) is 8.26. The van der Waals surface area contributed by atoms with Gasteiger partial charge in [-0.2, -0.15) is 38.3 Å². The molecule has 0 aliphatic heterocycles. The molecule has 2 atom stereocenters. The van der Waals surface area contributed by atoms with E-state index in [4.69, 9.17) is 20.1 Å². The molecule has 52 heavy (non-hydrogen) atoms. The first-order chi connectivity index (χ1) is 24.1. The molecule has 2 unspecified atom stereocenters.